The van der Waals surface area contributed by atoms with Crippen LogP contribution in [0.2, 0.25) is 0 Å². The minimum atomic E-state index is -0.973. The van der Waals surface area contributed by atoms with Gasteiger partial charge < -0.3 is 19.7 Å². The number of aldehydes is 1. The smallest absolute Gasteiger partial charge is 0.273 e. The molecular weight excluding hydrogens is 348 g/mol. The Kier molecular flexibility index (Phi) is 4.98. The molecule has 1 N–H and O–H groups in total. The first-order valence-corrected chi connectivity index (χ1v) is 8.69. The van der Waals surface area contributed by atoms with E-state index in [1.807, 2.05) is 31.2 Å². The monoisotopic (exact) mass is 370 g/mol. The predicted molar refractivity (Wildman–Crippen MR) is 97.6 cm³/mol. The lowest BCUT2D eigenvalue weighted by Crippen LogP contribution is -2.57. The van der Waals surface area contributed by atoms with Crippen LogP contribution in [0.4, 0.5) is 0 Å². The fourth-order valence-electron chi connectivity index (χ4n) is 3.24. The predicted octanol–water partition coefficient (Wildman–Crippen LogP) is 1.25. The fraction of sp³-hybridized carbons (Fsp3) is 0.368. The molecule has 0 fully saturated rings. The number of aromatic nitrogens is 2. The number of rotatable bonds is 6. The zero-order chi connectivity index (χ0) is 19.6. The second-order valence-electron chi connectivity index (χ2n) is 6.63. The number of nitrogens with zero attached hydrogens (tertiary/aromatic N) is 3. The summed E-state index contributed by atoms with van der Waals surface area (Å²) in [4.78, 5) is 38.2. The molecular formula is C19H22N4O4. The Morgan fingerprint density at radius 1 is 1.41 bits per heavy atom. The highest BCUT2D eigenvalue weighted by Crippen LogP contribution is 2.25. The molecule has 2 aromatic rings. The molecule has 0 saturated heterocycles. The largest absolute Gasteiger partial charge is 0.497 e. The average Bonchev–Trinajstić information content (AvgIpc) is 3.10. The molecule has 3 rings (SSSR count). The topological polar surface area (TPSA) is 93.5 Å². The van der Waals surface area contributed by atoms with Crippen LogP contribution in [-0.2, 0) is 17.9 Å². The van der Waals surface area contributed by atoms with Gasteiger partial charge in [0.25, 0.3) is 11.8 Å². The molecule has 8 nitrogen and oxygen atoms in total. The summed E-state index contributed by atoms with van der Waals surface area (Å²) in [5, 5.41) is 7.02. The molecule has 1 atom stereocenters. The third-order valence-corrected chi connectivity index (χ3v) is 4.72. The Balaban J connectivity index is 1.77. The summed E-state index contributed by atoms with van der Waals surface area (Å²) in [5.74, 6) is 0.0127. The minimum absolute atomic E-state index is 0.146. The number of hydrogen-bond acceptors (Lipinski definition) is 5. The Labute approximate surface area is 157 Å². The second-order valence-corrected chi connectivity index (χ2v) is 6.63. The van der Waals surface area contributed by atoms with Crippen molar-refractivity contribution in [2.45, 2.75) is 32.5 Å². The number of fused-ring (bicyclic) bond motifs is 1. The van der Waals surface area contributed by atoms with E-state index in [0.717, 1.165) is 11.8 Å². The van der Waals surface area contributed by atoms with Gasteiger partial charge in [-0.25, -0.2) is 0 Å². The van der Waals surface area contributed by atoms with Gasteiger partial charge in [-0.05, 0) is 31.5 Å². The molecule has 1 aliphatic heterocycles. The molecule has 1 aromatic carbocycles. The number of carbonyl (C=O) groups is 3. The summed E-state index contributed by atoms with van der Waals surface area (Å²) < 4.78 is 6.60. The van der Waals surface area contributed by atoms with Crippen LogP contribution in [-0.4, -0.2) is 52.0 Å². The van der Waals surface area contributed by atoms with Gasteiger partial charge in [0, 0.05) is 19.2 Å². The van der Waals surface area contributed by atoms with Crippen LogP contribution in [0.3, 0.4) is 0 Å². The molecule has 8 heteroatoms. The van der Waals surface area contributed by atoms with E-state index in [1.165, 1.54) is 15.6 Å². The molecule has 1 unspecified atom stereocenters. The number of hydrogen-bond donors (Lipinski definition) is 1. The minimum Gasteiger partial charge on any atom is -0.497 e. The Morgan fingerprint density at radius 2 is 2.19 bits per heavy atom. The Morgan fingerprint density at radius 3 is 2.85 bits per heavy atom. The Bertz CT molecular complexity index is 892. The van der Waals surface area contributed by atoms with Gasteiger partial charge in [-0.3, -0.25) is 14.3 Å². The molecule has 2 amide bonds. The lowest BCUT2D eigenvalue weighted by Gasteiger charge is -2.40. The summed E-state index contributed by atoms with van der Waals surface area (Å²) in [6.07, 6.45) is 0.752. The van der Waals surface area contributed by atoms with E-state index >= 15 is 0 Å². The normalized spacial score (nSPS) is 18.8. The molecule has 27 heavy (non-hydrogen) atoms. The number of amides is 2. The van der Waals surface area contributed by atoms with E-state index in [1.54, 1.807) is 14.0 Å². The quantitative estimate of drug-likeness (QED) is 0.773. The zero-order valence-electron chi connectivity index (χ0n) is 15.6. The molecule has 2 heterocycles. The first kappa shape index (κ1) is 18.6. The van der Waals surface area contributed by atoms with Crippen LogP contribution in [0.5, 0.6) is 5.75 Å². The summed E-state index contributed by atoms with van der Waals surface area (Å²) in [5.41, 5.74) is 0.364. The molecule has 1 aromatic heterocycles. The van der Waals surface area contributed by atoms with Crippen LogP contribution in [0, 0.1) is 0 Å². The highest BCUT2D eigenvalue weighted by atomic mass is 16.5. The zero-order valence-corrected chi connectivity index (χ0v) is 15.6. The number of benzene rings is 1. The molecule has 142 valence electrons. The SMILES string of the molecule is CCN1C(=O)c2cc(C(=O)NCc3cccc(OC)c3)nn2CC1(C)C=O. The van der Waals surface area contributed by atoms with E-state index < -0.39 is 5.54 Å². The van der Waals surface area contributed by atoms with Crippen LogP contribution in [0.15, 0.2) is 30.3 Å². The fourth-order valence-corrected chi connectivity index (χ4v) is 3.24. The molecule has 0 bridgehead atoms. The van der Waals surface area contributed by atoms with Gasteiger partial charge in [-0.15, -0.1) is 0 Å². The molecule has 0 radical (unpaired) electrons. The van der Waals surface area contributed by atoms with E-state index in [-0.39, 0.29) is 24.1 Å². The van der Waals surface area contributed by atoms with Gasteiger partial charge in [0.2, 0.25) is 0 Å². The van der Waals surface area contributed by atoms with Crippen molar-refractivity contribution in [1.29, 1.82) is 0 Å². The van der Waals surface area contributed by atoms with Crippen molar-refractivity contribution in [3.63, 3.8) is 0 Å². The van der Waals surface area contributed by atoms with Crippen molar-refractivity contribution in [1.82, 2.24) is 20.0 Å². The standard InChI is InChI=1S/C19H22N4O4/c1-4-22-18(26)16-9-15(21-23(16)11-19(22,2)12-24)17(25)20-10-13-6-5-7-14(8-13)27-3/h5-9,12H,4,10-11H2,1-3H3,(H,20,25). The highest BCUT2D eigenvalue weighted by molar-refractivity contribution is 5.99. The van der Waals surface area contributed by atoms with E-state index in [9.17, 15) is 14.4 Å². The maximum atomic E-state index is 12.7. The summed E-state index contributed by atoms with van der Waals surface area (Å²) in [6, 6.07) is 8.84. The lowest BCUT2D eigenvalue weighted by atomic mass is 9.98. The molecule has 1 aliphatic rings. The Hall–Kier alpha value is -3.16. The molecule has 0 aliphatic carbocycles. The lowest BCUT2D eigenvalue weighted by molar-refractivity contribution is -0.118. The maximum Gasteiger partial charge on any atom is 0.273 e. The molecule has 0 saturated carbocycles. The van der Waals surface area contributed by atoms with Crippen molar-refractivity contribution in [2.75, 3.05) is 13.7 Å². The number of likely N-dealkylation sites (N-methyl/N-ethyl adjacent to an activating group) is 1. The van der Waals surface area contributed by atoms with Crippen LogP contribution in [0.1, 0.15) is 40.4 Å². The van der Waals surface area contributed by atoms with E-state index in [2.05, 4.69) is 10.4 Å². The van der Waals surface area contributed by atoms with E-state index in [4.69, 9.17) is 4.74 Å². The second kappa shape index (κ2) is 7.22. The summed E-state index contributed by atoms with van der Waals surface area (Å²) >= 11 is 0. The summed E-state index contributed by atoms with van der Waals surface area (Å²) in [7, 11) is 1.58. The summed E-state index contributed by atoms with van der Waals surface area (Å²) in [6.45, 7) is 4.42. The molecule has 0 spiro atoms. The van der Waals surface area contributed by atoms with Crippen molar-refractivity contribution in [3.05, 3.63) is 47.3 Å². The van der Waals surface area contributed by atoms with Crippen LogP contribution in [0.25, 0.3) is 0 Å². The number of ether oxygens (including phenoxy) is 1. The highest BCUT2D eigenvalue weighted by Gasteiger charge is 2.42. The van der Waals surface area contributed by atoms with Gasteiger partial charge in [-0.1, -0.05) is 12.1 Å². The van der Waals surface area contributed by atoms with Gasteiger partial charge in [-0.2, -0.15) is 5.10 Å². The van der Waals surface area contributed by atoms with Crippen LogP contribution >= 0.6 is 0 Å². The van der Waals surface area contributed by atoms with Gasteiger partial charge >= 0.3 is 0 Å². The average molecular weight is 370 g/mol. The third kappa shape index (κ3) is 3.42. The van der Waals surface area contributed by atoms with Gasteiger partial charge in [0.15, 0.2) is 5.69 Å². The number of methoxy groups -OCH3 is 1. The number of carbonyl (C=O) groups excluding carboxylic acids is 3. The number of nitrogens with one attached hydrogen (secondary N) is 1. The first-order valence-electron chi connectivity index (χ1n) is 8.69. The van der Waals surface area contributed by atoms with Crippen molar-refractivity contribution in [2.24, 2.45) is 0 Å². The van der Waals surface area contributed by atoms with Crippen molar-refractivity contribution < 1.29 is 19.1 Å². The van der Waals surface area contributed by atoms with Gasteiger partial charge in [0.05, 0.1) is 13.7 Å². The van der Waals surface area contributed by atoms with Crippen molar-refractivity contribution in [3.8, 4) is 5.75 Å². The third-order valence-electron chi connectivity index (χ3n) is 4.72. The van der Waals surface area contributed by atoms with E-state index in [0.29, 0.717) is 24.5 Å². The van der Waals surface area contributed by atoms with Crippen molar-refractivity contribution >= 4 is 18.1 Å². The first-order chi connectivity index (χ1) is 12.9. The van der Waals surface area contributed by atoms with Gasteiger partial charge in [0.1, 0.15) is 23.3 Å². The maximum absolute atomic E-state index is 12.7. The van der Waals surface area contributed by atoms with Crippen LogP contribution < -0.4 is 10.1 Å².